The average molecular weight is 329 g/mol. The second kappa shape index (κ2) is 4.92. The zero-order chi connectivity index (χ0) is 14.2. The molecule has 1 heterocycles. The van der Waals surface area contributed by atoms with Crippen molar-refractivity contribution >= 4 is 33.4 Å². The van der Waals surface area contributed by atoms with Crippen molar-refractivity contribution in [3.05, 3.63) is 28.5 Å². The van der Waals surface area contributed by atoms with Crippen LogP contribution >= 0.6 is 15.9 Å². The standard InChI is InChI=1S/C13H14BrFN2O2/c1-3-13(2)12(19)17(7-11(18)16-13)8-4-5-10(15)9(14)6-8/h4-6H,3,7H2,1-2H3,(H,16,18). The molecule has 4 nitrogen and oxygen atoms in total. The van der Waals surface area contributed by atoms with Crippen molar-refractivity contribution in [3.8, 4) is 0 Å². The van der Waals surface area contributed by atoms with Crippen molar-refractivity contribution in [2.75, 3.05) is 11.4 Å². The van der Waals surface area contributed by atoms with Crippen LogP contribution in [0, 0.1) is 5.82 Å². The molecule has 1 aromatic carbocycles. The van der Waals surface area contributed by atoms with Gasteiger partial charge in [0, 0.05) is 5.69 Å². The normalized spacial score (nSPS) is 23.5. The second-order valence-electron chi connectivity index (χ2n) is 4.72. The van der Waals surface area contributed by atoms with Crippen LogP contribution in [0.3, 0.4) is 0 Å². The van der Waals surface area contributed by atoms with Crippen LogP contribution in [-0.4, -0.2) is 23.9 Å². The second-order valence-corrected chi connectivity index (χ2v) is 5.58. The summed E-state index contributed by atoms with van der Waals surface area (Å²) in [6.45, 7) is 3.48. The van der Waals surface area contributed by atoms with Crippen LogP contribution in [0.4, 0.5) is 10.1 Å². The minimum atomic E-state index is -0.907. The van der Waals surface area contributed by atoms with Gasteiger partial charge in [0.1, 0.15) is 17.9 Å². The van der Waals surface area contributed by atoms with Crippen LogP contribution in [0.25, 0.3) is 0 Å². The molecule has 1 aromatic rings. The number of carbonyl (C=O) groups is 2. The Kier molecular flexibility index (Phi) is 3.62. The van der Waals surface area contributed by atoms with Gasteiger partial charge in [0.05, 0.1) is 4.47 Å². The Bertz CT molecular complexity index is 549. The van der Waals surface area contributed by atoms with E-state index < -0.39 is 11.4 Å². The van der Waals surface area contributed by atoms with E-state index in [0.717, 1.165) is 0 Å². The Morgan fingerprint density at radius 1 is 1.47 bits per heavy atom. The highest BCUT2D eigenvalue weighted by atomic mass is 79.9. The number of halogens is 2. The number of piperazine rings is 1. The topological polar surface area (TPSA) is 49.4 Å². The lowest BCUT2D eigenvalue weighted by molar-refractivity contribution is -0.135. The molecule has 0 radical (unpaired) electrons. The van der Waals surface area contributed by atoms with Gasteiger partial charge < -0.3 is 10.2 Å². The van der Waals surface area contributed by atoms with Gasteiger partial charge in [0.2, 0.25) is 5.91 Å². The van der Waals surface area contributed by atoms with E-state index in [0.29, 0.717) is 12.1 Å². The van der Waals surface area contributed by atoms with E-state index in [9.17, 15) is 14.0 Å². The lowest BCUT2D eigenvalue weighted by Gasteiger charge is -2.39. The Balaban J connectivity index is 2.40. The van der Waals surface area contributed by atoms with Gasteiger partial charge in [-0.2, -0.15) is 0 Å². The summed E-state index contributed by atoms with van der Waals surface area (Å²) in [5.41, 5.74) is -0.399. The number of nitrogens with zero attached hydrogens (tertiary/aromatic N) is 1. The summed E-state index contributed by atoms with van der Waals surface area (Å²) in [5, 5.41) is 2.70. The van der Waals surface area contributed by atoms with E-state index in [-0.39, 0.29) is 22.8 Å². The third-order valence-corrected chi connectivity index (χ3v) is 3.96. The predicted molar refractivity (Wildman–Crippen MR) is 73.3 cm³/mol. The number of hydrogen-bond acceptors (Lipinski definition) is 2. The number of rotatable bonds is 2. The van der Waals surface area contributed by atoms with Crippen LogP contribution in [0.1, 0.15) is 20.3 Å². The molecule has 1 fully saturated rings. The van der Waals surface area contributed by atoms with E-state index in [4.69, 9.17) is 0 Å². The zero-order valence-corrected chi connectivity index (χ0v) is 12.3. The van der Waals surface area contributed by atoms with Crippen molar-refractivity contribution in [2.45, 2.75) is 25.8 Å². The SMILES string of the molecule is CCC1(C)NC(=O)CN(c2ccc(F)c(Br)c2)C1=O. The van der Waals surface area contributed by atoms with Gasteiger partial charge in [-0.3, -0.25) is 9.59 Å². The summed E-state index contributed by atoms with van der Waals surface area (Å²) in [6.07, 6.45) is 0.496. The smallest absolute Gasteiger partial charge is 0.252 e. The Hall–Kier alpha value is -1.43. The average Bonchev–Trinajstić information content (AvgIpc) is 2.37. The quantitative estimate of drug-likeness (QED) is 0.905. The van der Waals surface area contributed by atoms with Crippen molar-refractivity contribution in [1.82, 2.24) is 5.32 Å². The van der Waals surface area contributed by atoms with Crippen molar-refractivity contribution in [1.29, 1.82) is 0 Å². The lowest BCUT2D eigenvalue weighted by Crippen LogP contribution is -2.65. The van der Waals surface area contributed by atoms with Crippen molar-refractivity contribution in [2.24, 2.45) is 0 Å². The predicted octanol–water partition coefficient (Wildman–Crippen LogP) is 2.22. The largest absolute Gasteiger partial charge is 0.340 e. The van der Waals surface area contributed by atoms with Crippen LogP contribution in [-0.2, 0) is 9.59 Å². The number of benzene rings is 1. The molecule has 0 aromatic heterocycles. The molecule has 1 saturated heterocycles. The fourth-order valence-corrected chi connectivity index (χ4v) is 2.38. The fraction of sp³-hybridized carbons (Fsp3) is 0.385. The van der Waals surface area contributed by atoms with Gasteiger partial charge in [-0.25, -0.2) is 4.39 Å². The summed E-state index contributed by atoms with van der Waals surface area (Å²) in [4.78, 5) is 25.5. The maximum Gasteiger partial charge on any atom is 0.252 e. The summed E-state index contributed by atoms with van der Waals surface area (Å²) in [7, 11) is 0. The van der Waals surface area contributed by atoms with Gasteiger partial charge in [-0.1, -0.05) is 6.92 Å². The van der Waals surface area contributed by atoms with E-state index >= 15 is 0 Å². The summed E-state index contributed by atoms with van der Waals surface area (Å²) >= 11 is 3.08. The highest BCUT2D eigenvalue weighted by molar-refractivity contribution is 9.10. The molecule has 0 bridgehead atoms. The molecule has 0 spiro atoms. The molecule has 19 heavy (non-hydrogen) atoms. The summed E-state index contributed by atoms with van der Waals surface area (Å²) in [5.74, 6) is -0.812. The number of carbonyl (C=O) groups excluding carboxylic acids is 2. The first-order chi connectivity index (χ1) is 8.87. The van der Waals surface area contributed by atoms with Crippen LogP contribution in [0.2, 0.25) is 0 Å². The molecular formula is C13H14BrFN2O2. The minimum Gasteiger partial charge on any atom is -0.340 e. The molecule has 6 heteroatoms. The fourth-order valence-electron chi connectivity index (χ4n) is 2.02. The van der Waals surface area contributed by atoms with Gasteiger partial charge >= 0.3 is 0 Å². The van der Waals surface area contributed by atoms with Crippen LogP contribution in [0.5, 0.6) is 0 Å². The maximum atomic E-state index is 13.2. The zero-order valence-electron chi connectivity index (χ0n) is 10.7. The van der Waals surface area contributed by atoms with E-state index in [1.54, 1.807) is 6.92 Å². The van der Waals surface area contributed by atoms with Gasteiger partial charge in [0.15, 0.2) is 0 Å². The molecule has 1 atom stereocenters. The number of nitrogens with one attached hydrogen (secondary N) is 1. The van der Waals surface area contributed by atoms with Crippen LogP contribution in [0.15, 0.2) is 22.7 Å². The number of hydrogen-bond donors (Lipinski definition) is 1. The van der Waals surface area contributed by atoms with Crippen LogP contribution < -0.4 is 10.2 Å². The van der Waals surface area contributed by atoms with Crippen molar-refractivity contribution in [3.63, 3.8) is 0 Å². The monoisotopic (exact) mass is 328 g/mol. The lowest BCUT2D eigenvalue weighted by atomic mass is 9.94. The highest BCUT2D eigenvalue weighted by Gasteiger charge is 2.42. The first-order valence-corrected chi connectivity index (χ1v) is 6.74. The molecular weight excluding hydrogens is 315 g/mol. The first-order valence-electron chi connectivity index (χ1n) is 5.95. The third-order valence-electron chi connectivity index (χ3n) is 3.36. The molecule has 1 aliphatic heterocycles. The maximum absolute atomic E-state index is 13.2. The summed E-state index contributed by atoms with van der Waals surface area (Å²) in [6, 6.07) is 4.26. The highest BCUT2D eigenvalue weighted by Crippen LogP contribution is 2.27. The minimum absolute atomic E-state index is 0.0491. The molecule has 1 aliphatic rings. The molecule has 0 saturated carbocycles. The number of anilines is 1. The number of amides is 2. The van der Waals surface area contributed by atoms with Gasteiger partial charge in [0.25, 0.3) is 5.91 Å². The first kappa shape index (κ1) is 14.0. The summed E-state index contributed by atoms with van der Waals surface area (Å²) < 4.78 is 13.5. The molecule has 102 valence electrons. The molecule has 1 unspecified atom stereocenters. The molecule has 2 rings (SSSR count). The van der Waals surface area contributed by atoms with Crippen molar-refractivity contribution < 1.29 is 14.0 Å². The molecule has 0 aliphatic carbocycles. The van der Waals surface area contributed by atoms with E-state index in [1.165, 1.54) is 23.1 Å². The Labute approximate surface area is 119 Å². The Morgan fingerprint density at radius 2 is 2.16 bits per heavy atom. The van der Waals surface area contributed by atoms with E-state index in [2.05, 4.69) is 21.2 Å². The van der Waals surface area contributed by atoms with Gasteiger partial charge in [-0.05, 0) is 47.5 Å². The molecule has 2 amide bonds. The Morgan fingerprint density at radius 3 is 2.74 bits per heavy atom. The van der Waals surface area contributed by atoms with E-state index in [1.807, 2.05) is 6.92 Å². The third kappa shape index (κ3) is 2.49. The van der Waals surface area contributed by atoms with Gasteiger partial charge in [-0.15, -0.1) is 0 Å². The molecule has 1 N–H and O–H groups in total.